The van der Waals surface area contributed by atoms with Crippen LogP contribution in [0.1, 0.15) is 43.0 Å². The van der Waals surface area contributed by atoms with E-state index in [0.717, 1.165) is 0 Å². The lowest BCUT2D eigenvalue weighted by Gasteiger charge is -2.22. The van der Waals surface area contributed by atoms with E-state index >= 15 is 0 Å². The molecule has 1 aliphatic rings. The van der Waals surface area contributed by atoms with Gasteiger partial charge in [-0.15, -0.1) is 10.2 Å². The fourth-order valence-corrected chi connectivity index (χ4v) is 5.01. The number of nitrogens with one attached hydrogen (secondary N) is 2. The number of thioether (sulfide) groups is 1. The van der Waals surface area contributed by atoms with Crippen molar-refractivity contribution in [2.24, 2.45) is 5.92 Å². The smallest absolute Gasteiger partial charge is 0.252 e. The number of halogens is 2. The molecule has 0 aliphatic carbocycles. The normalized spacial score (nSPS) is 13.1. The Balaban J connectivity index is 1.45. The van der Waals surface area contributed by atoms with Crippen LogP contribution < -0.4 is 20.1 Å². The van der Waals surface area contributed by atoms with Crippen LogP contribution in [0.5, 0.6) is 11.5 Å². The van der Waals surface area contributed by atoms with Gasteiger partial charge in [-0.25, -0.2) is 0 Å². The number of hydrogen-bond donors (Lipinski definition) is 2. The number of amides is 2. The molecule has 12 heteroatoms. The van der Waals surface area contributed by atoms with Crippen LogP contribution in [0.4, 0.5) is 5.69 Å². The van der Waals surface area contributed by atoms with Crippen molar-refractivity contribution < 1.29 is 19.1 Å². The molecule has 1 aliphatic heterocycles. The number of ether oxygens (including phenoxy) is 2. The molecule has 36 heavy (non-hydrogen) atoms. The summed E-state index contributed by atoms with van der Waals surface area (Å²) < 4.78 is 12.6. The molecule has 9 nitrogen and oxygen atoms in total. The summed E-state index contributed by atoms with van der Waals surface area (Å²) in [6.07, 6.45) is 0. The zero-order valence-electron chi connectivity index (χ0n) is 19.9. The third-order valence-electron chi connectivity index (χ3n) is 5.41. The predicted octanol–water partition coefficient (Wildman–Crippen LogP) is 5.19. The second-order valence-corrected chi connectivity index (χ2v) is 10.2. The van der Waals surface area contributed by atoms with E-state index in [1.807, 2.05) is 25.3 Å². The van der Waals surface area contributed by atoms with Crippen molar-refractivity contribution in [2.75, 3.05) is 17.9 Å². The molecule has 0 spiro atoms. The molecule has 190 valence electrons. The van der Waals surface area contributed by atoms with Gasteiger partial charge in [-0.3, -0.25) is 9.59 Å². The van der Waals surface area contributed by atoms with Crippen molar-refractivity contribution in [3.8, 4) is 11.5 Å². The summed E-state index contributed by atoms with van der Waals surface area (Å²) in [5.41, 5.74) is 0.974. The zero-order valence-corrected chi connectivity index (χ0v) is 22.2. The molecule has 4 rings (SSSR count). The first kappa shape index (κ1) is 26.1. The van der Waals surface area contributed by atoms with Gasteiger partial charge in [0.25, 0.3) is 5.91 Å². The van der Waals surface area contributed by atoms with E-state index in [-0.39, 0.29) is 30.3 Å². The summed E-state index contributed by atoms with van der Waals surface area (Å²) in [5.74, 6) is 1.42. The highest BCUT2D eigenvalue weighted by Crippen LogP contribution is 2.33. The van der Waals surface area contributed by atoms with Gasteiger partial charge in [0.2, 0.25) is 12.7 Å². The molecule has 0 saturated heterocycles. The number of fused-ring (bicyclic) bond motifs is 1. The number of hydrogen-bond acceptors (Lipinski definition) is 7. The molecule has 2 amide bonds. The van der Waals surface area contributed by atoms with Gasteiger partial charge in [-0.05, 0) is 49.2 Å². The van der Waals surface area contributed by atoms with Gasteiger partial charge < -0.3 is 24.7 Å². The molecule has 0 saturated carbocycles. The molecule has 0 radical (unpaired) electrons. The second kappa shape index (κ2) is 11.4. The first-order valence-electron chi connectivity index (χ1n) is 11.3. The van der Waals surface area contributed by atoms with Crippen molar-refractivity contribution in [3.63, 3.8) is 0 Å². The number of anilines is 1. The molecular formula is C24H25Cl2N5O4S. The first-order chi connectivity index (χ1) is 17.2. The van der Waals surface area contributed by atoms with Crippen molar-refractivity contribution in [1.82, 2.24) is 20.1 Å². The highest BCUT2D eigenvalue weighted by atomic mass is 35.5. The topological polar surface area (TPSA) is 107 Å². The fraction of sp³-hybridized carbons (Fsp3) is 0.333. The fourth-order valence-electron chi connectivity index (χ4n) is 3.68. The molecule has 2 aromatic carbocycles. The molecule has 1 aromatic heterocycles. The number of aromatic nitrogens is 3. The highest BCUT2D eigenvalue weighted by Gasteiger charge is 2.27. The number of carbonyl (C=O) groups is 2. The van der Waals surface area contributed by atoms with E-state index in [0.29, 0.717) is 50.3 Å². The van der Waals surface area contributed by atoms with Crippen molar-refractivity contribution in [2.45, 2.75) is 38.5 Å². The lowest BCUT2D eigenvalue weighted by atomic mass is 10.0. The van der Waals surface area contributed by atoms with E-state index < -0.39 is 6.04 Å². The third-order valence-corrected chi connectivity index (χ3v) is 6.81. The Morgan fingerprint density at radius 1 is 1.08 bits per heavy atom. The Bertz CT molecular complexity index is 1260. The maximum Gasteiger partial charge on any atom is 0.252 e. The summed E-state index contributed by atoms with van der Waals surface area (Å²) in [6, 6.07) is 9.51. The third kappa shape index (κ3) is 6.05. The van der Waals surface area contributed by atoms with E-state index in [9.17, 15) is 9.59 Å². The summed E-state index contributed by atoms with van der Waals surface area (Å²) in [5, 5.41) is 15.9. The molecule has 1 atom stereocenters. The number of benzene rings is 2. The SMILES string of the molecule is CCn1c(SCC(=O)Nc2cc(Cl)cc(Cl)c2)nnc1C(NC(=O)c1ccc2c(c1)OCO2)C(C)C. The second-order valence-electron chi connectivity index (χ2n) is 8.34. The highest BCUT2D eigenvalue weighted by molar-refractivity contribution is 7.99. The quantitative estimate of drug-likeness (QED) is 0.353. The first-order valence-corrected chi connectivity index (χ1v) is 13.0. The Morgan fingerprint density at radius 3 is 2.50 bits per heavy atom. The summed E-state index contributed by atoms with van der Waals surface area (Å²) in [4.78, 5) is 25.5. The van der Waals surface area contributed by atoms with Crippen LogP contribution in [-0.2, 0) is 11.3 Å². The molecule has 2 N–H and O–H groups in total. The van der Waals surface area contributed by atoms with E-state index in [1.54, 1.807) is 36.4 Å². The Morgan fingerprint density at radius 2 is 1.81 bits per heavy atom. The van der Waals surface area contributed by atoms with Crippen LogP contribution in [0.2, 0.25) is 10.0 Å². The molecule has 1 unspecified atom stereocenters. The van der Waals surface area contributed by atoms with Crippen LogP contribution in [0, 0.1) is 5.92 Å². The molecule has 3 aromatic rings. The van der Waals surface area contributed by atoms with Gasteiger partial charge in [0.15, 0.2) is 22.5 Å². The standard InChI is InChI=1S/C24H25Cl2N5O4S/c1-4-31-22(21(13(2)3)28-23(33)14-5-6-18-19(7-14)35-12-34-18)29-30-24(31)36-11-20(32)27-17-9-15(25)8-16(26)10-17/h5-10,13,21H,4,11-12H2,1-3H3,(H,27,32)(H,28,33). The average molecular weight is 550 g/mol. The van der Waals surface area contributed by atoms with Gasteiger partial charge >= 0.3 is 0 Å². The van der Waals surface area contributed by atoms with E-state index in [1.165, 1.54) is 11.8 Å². The van der Waals surface area contributed by atoms with E-state index in [4.69, 9.17) is 32.7 Å². The van der Waals surface area contributed by atoms with Crippen LogP contribution in [0.15, 0.2) is 41.6 Å². The summed E-state index contributed by atoms with van der Waals surface area (Å²) in [7, 11) is 0. The van der Waals surface area contributed by atoms with Crippen molar-refractivity contribution in [3.05, 3.63) is 57.8 Å². The monoisotopic (exact) mass is 549 g/mol. The Kier molecular flexibility index (Phi) is 8.28. The minimum absolute atomic E-state index is 0.0335. The van der Waals surface area contributed by atoms with E-state index in [2.05, 4.69) is 20.8 Å². The van der Waals surface area contributed by atoms with Gasteiger partial charge in [0, 0.05) is 27.8 Å². The Labute approximate surface area is 222 Å². The molecule has 0 fully saturated rings. The maximum atomic E-state index is 13.0. The summed E-state index contributed by atoms with van der Waals surface area (Å²) in [6.45, 7) is 6.66. The average Bonchev–Trinajstić information content (AvgIpc) is 3.46. The number of carbonyl (C=O) groups excluding carboxylic acids is 2. The Hall–Kier alpha value is -2.95. The van der Waals surface area contributed by atoms with Gasteiger partial charge in [-0.1, -0.05) is 48.8 Å². The maximum absolute atomic E-state index is 13.0. The van der Waals surface area contributed by atoms with Crippen LogP contribution in [0.25, 0.3) is 0 Å². The summed E-state index contributed by atoms with van der Waals surface area (Å²) >= 11 is 13.3. The molecule has 2 heterocycles. The minimum atomic E-state index is -0.396. The van der Waals surface area contributed by atoms with Crippen LogP contribution in [0.3, 0.4) is 0 Å². The van der Waals surface area contributed by atoms with Gasteiger partial charge in [-0.2, -0.15) is 0 Å². The van der Waals surface area contributed by atoms with Crippen molar-refractivity contribution in [1.29, 1.82) is 0 Å². The van der Waals surface area contributed by atoms with Crippen molar-refractivity contribution >= 4 is 52.5 Å². The molecule has 0 bridgehead atoms. The number of rotatable bonds is 9. The lowest BCUT2D eigenvalue weighted by molar-refractivity contribution is -0.113. The largest absolute Gasteiger partial charge is 0.454 e. The van der Waals surface area contributed by atoms with Gasteiger partial charge in [0.1, 0.15) is 0 Å². The van der Waals surface area contributed by atoms with Crippen LogP contribution >= 0.6 is 35.0 Å². The molecular weight excluding hydrogens is 525 g/mol. The number of nitrogens with zero attached hydrogens (tertiary/aromatic N) is 3. The minimum Gasteiger partial charge on any atom is -0.454 e. The predicted molar refractivity (Wildman–Crippen MR) is 139 cm³/mol. The lowest BCUT2D eigenvalue weighted by Crippen LogP contribution is -2.33. The van der Waals surface area contributed by atoms with Gasteiger partial charge in [0.05, 0.1) is 11.8 Å². The zero-order chi connectivity index (χ0) is 25.8. The van der Waals surface area contributed by atoms with Crippen LogP contribution in [-0.4, -0.2) is 39.1 Å².